The molecule has 0 aromatic heterocycles. The van der Waals surface area contributed by atoms with Crippen LogP contribution in [-0.4, -0.2) is 0 Å². The Morgan fingerprint density at radius 3 is 1.65 bits per heavy atom. The van der Waals surface area contributed by atoms with Gasteiger partial charge in [0.2, 0.25) is 0 Å². The molecule has 2 aromatic carbocycles. The highest BCUT2D eigenvalue weighted by Crippen LogP contribution is 2.18. The molecule has 0 heterocycles. The summed E-state index contributed by atoms with van der Waals surface area (Å²) in [6, 6.07) is 15.6. The minimum absolute atomic E-state index is 1.22. The molecule has 2 aromatic rings. The molecule has 0 bridgehead atoms. The molecule has 0 nitrogen and oxygen atoms in total. The van der Waals surface area contributed by atoms with Crippen molar-refractivity contribution in [2.24, 2.45) is 0 Å². The zero-order valence-electron chi connectivity index (χ0n) is 20.4. The van der Waals surface area contributed by atoms with Gasteiger partial charge in [-0.25, -0.2) is 0 Å². The lowest BCUT2D eigenvalue weighted by molar-refractivity contribution is 0.550. The highest BCUT2D eigenvalue weighted by molar-refractivity contribution is 5.82. The van der Waals surface area contributed by atoms with Gasteiger partial charge in [-0.15, -0.1) is 0 Å². The first kappa shape index (κ1) is 25.7. The minimum Gasteiger partial charge on any atom is -0.0885 e. The number of allylic oxidation sites excluding steroid dienone is 2. The van der Waals surface area contributed by atoms with Crippen LogP contribution in [0, 0.1) is 0 Å². The van der Waals surface area contributed by atoms with Crippen LogP contribution in [-0.2, 0) is 6.42 Å². The fourth-order valence-corrected chi connectivity index (χ4v) is 4.50. The average Bonchev–Trinajstić information content (AvgIpc) is 2.80. The van der Waals surface area contributed by atoms with E-state index in [-0.39, 0.29) is 0 Å². The van der Waals surface area contributed by atoms with Crippen LogP contribution in [0.25, 0.3) is 10.8 Å². The molecule has 0 saturated heterocycles. The minimum atomic E-state index is 1.22. The number of rotatable bonds is 19. The maximum absolute atomic E-state index is 2.43. The molecule has 0 aliphatic heterocycles. The third-order valence-corrected chi connectivity index (χ3v) is 6.54. The van der Waals surface area contributed by atoms with Gasteiger partial charge in [0.05, 0.1) is 0 Å². The number of hydrogen-bond donors (Lipinski definition) is 0. The first-order chi connectivity index (χ1) is 15.4. The number of hydrogen-bond acceptors (Lipinski definition) is 0. The van der Waals surface area contributed by atoms with Crippen LogP contribution in [0.2, 0.25) is 0 Å². The van der Waals surface area contributed by atoms with Crippen LogP contribution >= 0.6 is 0 Å². The van der Waals surface area contributed by atoms with E-state index in [1.807, 2.05) is 0 Å². The summed E-state index contributed by atoms with van der Waals surface area (Å²) in [5.41, 5.74) is 1.49. The summed E-state index contributed by atoms with van der Waals surface area (Å²) in [5.74, 6) is 0. The Hall–Kier alpha value is -1.56. The number of aryl methyl sites for hydroxylation is 1. The van der Waals surface area contributed by atoms with Gasteiger partial charge >= 0.3 is 0 Å². The monoisotopic (exact) mass is 420 g/mol. The van der Waals surface area contributed by atoms with Crippen molar-refractivity contribution in [1.82, 2.24) is 0 Å². The molecule has 0 unspecified atom stereocenters. The summed E-state index contributed by atoms with van der Waals surface area (Å²) < 4.78 is 0. The Labute approximate surface area is 193 Å². The largest absolute Gasteiger partial charge is 0.0885 e. The summed E-state index contributed by atoms with van der Waals surface area (Å²) in [5, 5.41) is 2.73. The quantitative estimate of drug-likeness (QED) is 0.156. The number of fused-ring (bicyclic) bond motifs is 1. The number of unbranched alkanes of at least 4 members (excludes halogenated alkanes) is 15. The molecule has 0 saturated carbocycles. The zero-order valence-corrected chi connectivity index (χ0v) is 20.4. The van der Waals surface area contributed by atoms with Gasteiger partial charge in [-0.1, -0.05) is 139 Å². The standard InChI is InChI=1S/C31H48/c1-2-3-4-5-6-7-8-9-10-11-12-13-14-15-16-17-18-19-20-23-29-26-27-30-24-21-22-25-31(30)28-29/h14-15,21-22,24-28H,2-13,16-20,23H2,1H3/b15-14+. The average molecular weight is 421 g/mol. The fraction of sp³-hybridized carbons (Fsp3) is 0.613. The highest BCUT2D eigenvalue weighted by Gasteiger charge is 1.97. The summed E-state index contributed by atoms with van der Waals surface area (Å²) >= 11 is 0. The van der Waals surface area contributed by atoms with Crippen molar-refractivity contribution in [3.63, 3.8) is 0 Å². The molecule has 0 radical (unpaired) electrons. The van der Waals surface area contributed by atoms with Crippen LogP contribution in [0.4, 0.5) is 0 Å². The smallest absolute Gasteiger partial charge is 0.0181 e. The molecular weight excluding hydrogens is 372 g/mol. The second-order valence-electron chi connectivity index (χ2n) is 9.43. The fourth-order valence-electron chi connectivity index (χ4n) is 4.50. The Morgan fingerprint density at radius 1 is 0.516 bits per heavy atom. The third-order valence-electron chi connectivity index (χ3n) is 6.54. The summed E-state index contributed by atoms with van der Waals surface area (Å²) in [6.07, 6.45) is 29.9. The summed E-state index contributed by atoms with van der Waals surface area (Å²) in [6.45, 7) is 2.30. The van der Waals surface area contributed by atoms with Crippen molar-refractivity contribution in [3.8, 4) is 0 Å². The van der Waals surface area contributed by atoms with E-state index in [1.54, 1.807) is 0 Å². The maximum atomic E-state index is 2.43. The van der Waals surface area contributed by atoms with Crippen LogP contribution in [0.15, 0.2) is 54.6 Å². The van der Waals surface area contributed by atoms with E-state index in [4.69, 9.17) is 0 Å². The highest BCUT2D eigenvalue weighted by atomic mass is 14.0. The molecule has 2 rings (SSSR count). The van der Waals surface area contributed by atoms with Gasteiger partial charge < -0.3 is 0 Å². The molecule has 172 valence electrons. The van der Waals surface area contributed by atoms with Crippen molar-refractivity contribution in [1.29, 1.82) is 0 Å². The first-order valence-electron chi connectivity index (χ1n) is 13.5. The molecular formula is C31H48. The molecule has 0 aliphatic carbocycles. The van der Waals surface area contributed by atoms with E-state index in [2.05, 4.69) is 61.5 Å². The van der Waals surface area contributed by atoms with Crippen molar-refractivity contribution in [2.45, 2.75) is 122 Å². The predicted octanol–water partition coefficient (Wildman–Crippen LogP) is 10.6. The molecule has 0 spiro atoms. The predicted molar refractivity (Wildman–Crippen MR) is 141 cm³/mol. The normalized spacial score (nSPS) is 11.6. The summed E-state index contributed by atoms with van der Waals surface area (Å²) in [4.78, 5) is 0. The lowest BCUT2D eigenvalue weighted by Gasteiger charge is -2.04. The molecule has 0 atom stereocenters. The van der Waals surface area contributed by atoms with E-state index in [0.29, 0.717) is 0 Å². The second-order valence-corrected chi connectivity index (χ2v) is 9.43. The van der Waals surface area contributed by atoms with E-state index in [9.17, 15) is 0 Å². The van der Waals surface area contributed by atoms with Gasteiger partial charge in [0, 0.05) is 0 Å². The Bertz CT molecular complexity index is 696. The SMILES string of the molecule is CCCCCCCCCCCCC/C=C/CCCCCCc1ccc2ccccc2c1. The van der Waals surface area contributed by atoms with E-state index in [1.165, 1.54) is 132 Å². The maximum Gasteiger partial charge on any atom is -0.0181 e. The first-order valence-corrected chi connectivity index (χ1v) is 13.5. The van der Waals surface area contributed by atoms with Crippen molar-refractivity contribution < 1.29 is 0 Å². The summed E-state index contributed by atoms with van der Waals surface area (Å²) in [7, 11) is 0. The molecule has 0 aliphatic rings. The van der Waals surface area contributed by atoms with Crippen LogP contribution in [0.3, 0.4) is 0 Å². The molecule has 31 heavy (non-hydrogen) atoms. The van der Waals surface area contributed by atoms with Crippen molar-refractivity contribution in [3.05, 3.63) is 60.2 Å². The molecule has 0 fully saturated rings. The van der Waals surface area contributed by atoms with E-state index in [0.717, 1.165) is 0 Å². The van der Waals surface area contributed by atoms with E-state index >= 15 is 0 Å². The van der Waals surface area contributed by atoms with Gasteiger partial charge in [-0.05, 0) is 54.9 Å². The van der Waals surface area contributed by atoms with Crippen molar-refractivity contribution in [2.75, 3.05) is 0 Å². The molecule has 0 N–H and O–H groups in total. The molecule has 0 amide bonds. The topological polar surface area (TPSA) is 0 Å². The lowest BCUT2D eigenvalue weighted by Crippen LogP contribution is -1.86. The lowest BCUT2D eigenvalue weighted by atomic mass is 10.0. The van der Waals surface area contributed by atoms with Crippen LogP contribution in [0.1, 0.15) is 122 Å². The Morgan fingerprint density at radius 2 is 1.03 bits per heavy atom. The number of benzene rings is 2. The Kier molecular flexibility index (Phi) is 15.0. The second kappa shape index (κ2) is 18.1. The van der Waals surface area contributed by atoms with Gasteiger partial charge in [-0.3, -0.25) is 0 Å². The molecule has 0 heteroatoms. The van der Waals surface area contributed by atoms with Gasteiger partial charge in [-0.2, -0.15) is 0 Å². The van der Waals surface area contributed by atoms with Crippen LogP contribution in [0.5, 0.6) is 0 Å². The Balaban J connectivity index is 1.33. The van der Waals surface area contributed by atoms with Gasteiger partial charge in [0.1, 0.15) is 0 Å². The van der Waals surface area contributed by atoms with E-state index < -0.39 is 0 Å². The van der Waals surface area contributed by atoms with Gasteiger partial charge in [0.15, 0.2) is 0 Å². The third kappa shape index (κ3) is 12.8. The van der Waals surface area contributed by atoms with Gasteiger partial charge in [0.25, 0.3) is 0 Å². The zero-order chi connectivity index (χ0) is 21.8. The van der Waals surface area contributed by atoms with Crippen molar-refractivity contribution >= 4 is 10.8 Å². The van der Waals surface area contributed by atoms with Crippen LogP contribution < -0.4 is 0 Å².